The lowest BCUT2D eigenvalue weighted by molar-refractivity contribution is 0.249. The van der Waals surface area contributed by atoms with Crippen LogP contribution in [0.2, 0.25) is 0 Å². The highest BCUT2D eigenvalue weighted by Crippen LogP contribution is 2.18. The van der Waals surface area contributed by atoms with Gasteiger partial charge in [-0.1, -0.05) is 12.1 Å². The molecule has 0 amide bonds. The molecule has 0 spiro atoms. The standard InChI is InChI=1S/C13H20N2O4S/c16-13-3-1-11(2-4-13)9-14-10-12-5-7-15(8-6-12)20(17,18)19/h1-4,12,14,16H,5-10H2,(H,17,18,19). The first kappa shape index (κ1) is 15.2. The Morgan fingerprint density at radius 3 is 2.35 bits per heavy atom. The van der Waals surface area contributed by atoms with Crippen molar-refractivity contribution >= 4 is 10.3 Å². The zero-order valence-electron chi connectivity index (χ0n) is 11.2. The van der Waals surface area contributed by atoms with Crippen molar-refractivity contribution in [2.45, 2.75) is 19.4 Å². The first-order valence-electron chi connectivity index (χ1n) is 6.66. The average molecular weight is 300 g/mol. The van der Waals surface area contributed by atoms with Crippen molar-refractivity contribution in [2.75, 3.05) is 19.6 Å². The molecule has 0 aliphatic carbocycles. The lowest BCUT2D eigenvalue weighted by Crippen LogP contribution is -2.40. The summed E-state index contributed by atoms with van der Waals surface area (Å²) in [6, 6.07) is 7.04. The highest BCUT2D eigenvalue weighted by Gasteiger charge is 2.25. The third kappa shape index (κ3) is 4.45. The number of hydrogen-bond acceptors (Lipinski definition) is 4. The molecule has 1 aliphatic heterocycles. The van der Waals surface area contributed by atoms with Crippen molar-refractivity contribution in [2.24, 2.45) is 5.92 Å². The number of benzene rings is 1. The minimum absolute atomic E-state index is 0.256. The number of phenolic OH excluding ortho intramolecular Hbond substituents is 1. The van der Waals surface area contributed by atoms with Crippen LogP contribution in [0.15, 0.2) is 24.3 Å². The van der Waals surface area contributed by atoms with Gasteiger partial charge in [-0.2, -0.15) is 12.7 Å². The van der Waals surface area contributed by atoms with Crippen molar-refractivity contribution < 1.29 is 18.1 Å². The molecule has 20 heavy (non-hydrogen) atoms. The molecular weight excluding hydrogens is 280 g/mol. The van der Waals surface area contributed by atoms with Gasteiger partial charge in [-0.3, -0.25) is 4.55 Å². The molecule has 1 heterocycles. The van der Waals surface area contributed by atoms with Crippen molar-refractivity contribution in [1.82, 2.24) is 9.62 Å². The van der Waals surface area contributed by atoms with Gasteiger partial charge in [-0.25, -0.2) is 0 Å². The van der Waals surface area contributed by atoms with Gasteiger partial charge in [-0.05, 0) is 43.0 Å². The smallest absolute Gasteiger partial charge is 0.335 e. The summed E-state index contributed by atoms with van der Waals surface area (Å²) < 4.78 is 32.0. The maximum Gasteiger partial charge on any atom is 0.335 e. The zero-order chi connectivity index (χ0) is 14.6. The minimum atomic E-state index is -4.03. The molecule has 1 saturated heterocycles. The summed E-state index contributed by atoms with van der Waals surface area (Å²) in [7, 11) is -4.03. The number of aromatic hydroxyl groups is 1. The first-order chi connectivity index (χ1) is 9.45. The van der Waals surface area contributed by atoms with Crippen molar-refractivity contribution in [1.29, 1.82) is 0 Å². The predicted octanol–water partition coefficient (Wildman–Crippen LogP) is 0.997. The zero-order valence-corrected chi connectivity index (χ0v) is 12.0. The molecule has 7 heteroatoms. The van der Waals surface area contributed by atoms with E-state index in [4.69, 9.17) is 4.55 Å². The topological polar surface area (TPSA) is 89.9 Å². The van der Waals surface area contributed by atoms with Gasteiger partial charge in [-0.15, -0.1) is 0 Å². The van der Waals surface area contributed by atoms with Crippen LogP contribution in [0.25, 0.3) is 0 Å². The average Bonchev–Trinajstić information content (AvgIpc) is 2.41. The van der Waals surface area contributed by atoms with Crippen LogP contribution >= 0.6 is 0 Å². The second kappa shape index (κ2) is 6.53. The largest absolute Gasteiger partial charge is 0.508 e. The lowest BCUT2D eigenvalue weighted by atomic mass is 9.98. The fourth-order valence-electron chi connectivity index (χ4n) is 2.38. The second-order valence-corrected chi connectivity index (χ2v) is 6.53. The fourth-order valence-corrected chi connectivity index (χ4v) is 3.05. The van der Waals surface area contributed by atoms with Crippen LogP contribution in [0.5, 0.6) is 5.75 Å². The van der Waals surface area contributed by atoms with Gasteiger partial charge in [0, 0.05) is 19.6 Å². The normalized spacial score (nSPS) is 18.2. The molecule has 1 aromatic rings. The van der Waals surface area contributed by atoms with Gasteiger partial charge in [0.2, 0.25) is 0 Å². The van der Waals surface area contributed by atoms with Crippen LogP contribution in [0.4, 0.5) is 0 Å². The molecule has 0 unspecified atom stereocenters. The van der Waals surface area contributed by atoms with E-state index in [1.54, 1.807) is 12.1 Å². The molecule has 2 rings (SSSR count). The van der Waals surface area contributed by atoms with E-state index in [-0.39, 0.29) is 5.75 Å². The lowest BCUT2D eigenvalue weighted by Gasteiger charge is -2.29. The molecule has 3 N–H and O–H groups in total. The molecule has 0 aromatic heterocycles. The van der Waals surface area contributed by atoms with Crippen LogP contribution in [0.1, 0.15) is 18.4 Å². The number of rotatable bonds is 5. The third-order valence-electron chi connectivity index (χ3n) is 3.60. The second-order valence-electron chi connectivity index (χ2n) is 5.12. The Kier molecular flexibility index (Phi) is 4.98. The Morgan fingerprint density at radius 1 is 1.20 bits per heavy atom. The Labute approximate surface area is 119 Å². The molecule has 6 nitrogen and oxygen atoms in total. The van der Waals surface area contributed by atoms with Gasteiger partial charge in [0.25, 0.3) is 0 Å². The van der Waals surface area contributed by atoms with Crippen molar-refractivity contribution in [3.63, 3.8) is 0 Å². The summed E-state index contributed by atoms with van der Waals surface area (Å²) in [4.78, 5) is 0. The summed E-state index contributed by atoms with van der Waals surface area (Å²) in [5.41, 5.74) is 1.10. The number of nitrogens with one attached hydrogen (secondary N) is 1. The van der Waals surface area contributed by atoms with E-state index in [2.05, 4.69) is 5.32 Å². The van der Waals surface area contributed by atoms with Crippen molar-refractivity contribution in [3.05, 3.63) is 29.8 Å². The van der Waals surface area contributed by atoms with Gasteiger partial charge < -0.3 is 10.4 Å². The summed E-state index contributed by atoms with van der Waals surface area (Å²) in [6.45, 7) is 2.30. The van der Waals surface area contributed by atoms with Gasteiger partial charge >= 0.3 is 10.3 Å². The number of piperidine rings is 1. The molecule has 1 fully saturated rings. The van der Waals surface area contributed by atoms with Crippen molar-refractivity contribution in [3.8, 4) is 5.75 Å². The maximum absolute atomic E-state index is 11.0. The Hall–Kier alpha value is -1.15. The van der Waals surface area contributed by atoms with Gasteiger partial charge in [0.05, 0.1) is 0 Å². The summed E-state index contributed by atoms with van der Waals surface area (Å²) >= 11 is 0. The quantitative estimate of drug-likeness (QED) is 0.706. The molecule has 0 atom stereocenters. The minimum Gasteiger partial charge on any atom is -0.508 e. The van der Waals surface area contributed by atoms with E-state index in [0.717, 1.165) is 35.8 Å². The fraction of sp³-hybridized carbons (Fsp3) is 0.538. The monoisotopic (exact) mass is 300 g/mol. The van der Waals surface area contributed by atoms with E-state index in [9.17, 15) is 13.5 Å². The van der Waals surface area contributed by atoms with E-state index in [1.165, 1.54) is 0 Å². The van der Waals surface area contributed by atoms with E-state index < -0.39 is 10.3 Å². The van der Waals surface area contributed by atoms with Gasteiger partial charge in [0.15, 0.2) is 0 Å². The Bertz CT molecular complexity index is 522. The molecule has 1 aliphatic rings. The van der Waals surface area contributed by atoms with Crippen LogP contribution in [-0.4, -0.2) is 42.0 Å². The SMILES string of the molecule is O=S(=O)(O)N1CCC(CNCc2ccc(O)cc2)CC1. The third-order valence-corrected chi connectivity index (χ3v) is 4.62. The molecule has 0 radical (unpaired) electrons. The summed E-state index contributed by atoms with van der Waals surface area (Å²) in [5.74, 6) is 0.677. The molecule has 0 bridgehead atoms. The number of phenols is 1. The highest BCUT2D eigenvalue weighted by atomic mass is 32.2. The van der Waals surface area contributed by atoms with Crippen LogP contribution in [0, 0.1) is 5.92 Å². The highest BCUT2D eigenvalue weighted by molar-refractivity contribution is 7.83. The Balaban J connectivity index is 1.70. The van der Waals surface area contributed by atoms with E-state index >= 15 is 0 Å². The molecule has 0 saturated carbocycles. The van der Waals surface area contributed by atoms with E-state index in [0.29, 0.717) is 19.0 Å². The van der Waals surface area contributed by atoms with Gasteiger partial charge in [0.1, 0.15) is 5.75 Å². The predicted molar refractivity (Wildman–Crippen MR) is 75.7 cm³/mol. The molecule has 1 aromatic carbocycles. The molecular formula is C13H20N2O4S. The number of nitrogens with zero attached hydrogens (tertiary/aromatic N) is 1. The molecule has 112 valence electrons. The van der Waals surface area contributed by atoms with Crippen LogP contribution in [-0.2, 0) is 16.8 Å². The Morgan fingerprint density at radius 2 is 1.80 bits per heavy atom. The van der Waals surface area contributed by atoms with Crippen LogP contribution < -0.4 is 5.32 Å². The van der Waals surface area contributed by atoms with E-state index in [1.807, 2.05) is 12.1 Å². The first-order valence-corrected chi connectivity index (χ1v) is 8.06. The summed E-state index contributed by atoms with van der Waals surface area (Å²) in [6.07, 6.45) is 1.50. The maximum atomic E-state index is 11.0. The summed E-state index contributed by atoms with van der Waals surface area (Å²) in [5, 5.41) is 12.5. The number of hydrogen-bond donors (Lipinski definition) is 3. The van der Waals surface area contributed by atoms with Crippen LogP contribution in [0.3, 0.4) is 0 Å².